The normalized spacial score (nSPS) is 16.4. The topological polar surface area (TPSA) is 110 Å². The summed E-state index contributed by atoms with van der Waals surface area (Å²) in [5.41, 5.74) is -2.39. The molecule has 0 aromatic carbocycles. The first-order chi connectivity index (χ1) is 12.2. The lowest BCUT2D eigenvalue weighted by Crippen LogP contribution is -2.52. The Morgan fingerprint density at radius 1 is 1.23 bits per heavy atom. The van der Waals surface area contributed by atoms with E-state index in [1.165, 1.54) is 6.20 Å². The molecule has 2 N–H and O–H groups in total. The largest absolute Gasteiger partial charge is 0.480 e. The van der Waals surface area contributed by atoms with E-state index >= 15 is 0 Å². The number of carboxylic acids is 1. The Labute approximate surface area is 145 Å². The van der Waals surface area contributed by atoms with Crippen LogP contribution in [0.1, 0.15) is 41.7 Å². The molecule has 2 aromatic heterocycles. The van der Waals surface area contributed by atoms with E-state index in [1.807, 2.05) is 0 Å². The van der Waals surface area contributed by atoms with Crippen molar-refractivity contribution >= 4 is 11.9 Å². The van der Waals surface area contributed by atoms with Gasteiger partial charge in [-0.15, -0.1) is 5.10 Å². The number of carbonyl (C=O) groups is 2. The zero-order valence-electron chi connectivity index (χ0n) is 13.3. The number of carboxylic acid groups (broad SMARTS) is 1. The van der Waals surface area contributed by atoms with Crippen LogP contribution in [0.5, 0.6) is 0 Å². The van der Waals surface area contributed by atoms with Crippen LogP contribution in [0, 0.1) is 0 Å². The molecule has 1 amide bonds. The molecule has 0 atom stereocenters. The summed E-state index contributed by atoms with van der Waals surface area (Å²) in [7, 11) is 0. The first-order valence-corrected chi connectivity index (χ1v) is 7.73. The summed E-state index contributed by atoms with van der Waals surface area (Å²) in [4.78, 5) is 27.4. The summed E-state index contributed by atoms with van der Waals surface area (Å²) in [6.45, 7) is 0. The van der Waals surface area contributed by atoms with Crippen LogP contribution in [0.3, 0.4) is 0 Å². The molecule has 138 valence electrons. The Bertz CT molecular complexity index is 826. The van der Waals surface area contributed by atoms with E-state index in [2.05, 4.69) is 20.6 Å². The number of alkyl halides is 3. The third-order valence-electron chi connectivity index (χ3n) is 4.26. The molecule has 1 aliphatic carbocycles. The minimum absolute atomic E-state index is 0.0402. The number of rotatable bonds is 4. The van der Waals surface area contributed by atoms with Crippen LogP contribution in [0.4, 0.5) is 13.2 Å². The van der Waals surface area contributed by atoms with Crippen molar-refractivity contribution in [3.05, 3.63) is 35.8 Å². The molecule has 0 saturated heterocycles. The van der Waals surface area contributed by atoms with Crippen LogP contribution in [-0.2, 0) is 11.0 Å². The molecular formula is C15H14F3N5O3. The number of hydrogen-bond donors (Lipinski definition) is 2. The lowest BCUT2D eigenvalue weighted by Gasteiger charge is -2.24. The van der Waals surface area contributed by atoms with Gasteiger partial charge in [0.15, 0.2) is 11.5 Å². The van der Waals surface area contributed by atoms with Gasteiger partial charge in [0, 0.05) is 6.20 Å². The predicted octanol–water partition coefficient (Wildman–Crippen LogP) is 1.81. The number of carbonyl (C=O) groups excluding carboxylic acids is 1. The summed E-state index contributed by atoms with van der Waals surface area (Å²) in [5, 5.41) is 19.2. The molecule has 11 heteroatoms. The zero-order chi connectivity index (χ0) is 18.9. The van der Waals surface area contributed by atoms with Gasteiger partial charge in [-0.25, -0.2) is 14.5 Å². The van der Waals surface area contributed by atoms with Gasteiger partial charge in [-0.1, -0.05) is 18.1 Å². The fourth-order valence-corrected chi connectivity index (χ4v) is 2.82. The summed E-state index contributed by atoms with van der Waals surface area (Å²) >= 11 is 0. The smallest absolute Gasteiger partial charge is 0.417 e. The van der Waals surface area contributed by atoms with Crippen LogP contribution in [0.2, 0.25) is 0 Å². The number of amides is 1. The van der Waals surface area contributed by atoms with E-state index in [1.54, 1.807) is 0 Å². The first-order valence-electron chi connectivity index (χ1n) is 7.73. The molecule has 2 heterocycles. The van der Waals surface area contributed by atoms with Gasteiger partial charge < -0.3 is 10.4 Å². The maximum Gasteiger partial charge on any atom is 0.417 e. The number of aromatic nitrogens is 4. The molecule has 1 fully saturated rings. The van der Waals surface area contributed by atoms with Crippen molar-refractivity contribution in [3.8, 4) is 5.82 Å². The van der Waals surface area contributed by atoms with E-state index < -0.39 is 29.2 Å². The molecule has 2 aromatic rings. The molecule has 0 aliphatic heterocycles. The fourth-order valence-electron chi connectivity index (χ4n) is 2.82. The fraction of sp³-hybridized carbons (Fsp3) is 0.400. The second-order valence-electron chi connectivity index (χ2n) is 6.00. The van der Waals surface area contributed by atoms with Crippen molar-refractivity contribution in [1.29, 1.82) is 0 Å². The highest BCUT2D eigenvalue weighted by molar-refractivity contribution is 5.96. The van der Waals surface area contributed by atoms with Crippen LogP contribution in [-0.4, -0.2) is 42.5 Å². The van der Waals surface area contributed by atoms with Crippen molar-refractivity contribution in [1.82, 2.24) is 25.3 Å². The number of pyridine rings is 1. The minimum atomic E-state index is -4.51. The van der Waals surface area contributed by atoms with Crippen LogP contribution >= 0.6 is 0 Å². The highest BCUT2D eigenvalue weighted by Gasteiger charge is 2.43. The van der Waals surface area contributed by atoms with Gasteiger partial charge in [-0.05, 0) is 25.0 Å². The highest BCUT2D eigenvalue weighted by Crippen LogP contribution is 2.30. The average molecular weight is 369 g/mol. The van der Waals surface area contributed by atoms with Crippen LogP contribution < -0.4 is 5.32 Å². The Morgan fingerprint density at radius 2 is 1.92 bits per heavy atom. The van der Waals surface area contributed by atoms with E-state index in [9.17, 15) is 27.9 Å². The van der Waals surface area contributed by atoms with Gasteiger partial charge in [-0.2, -0.15) is 13.2 Å². The molecule has 8 nitrogen and oxygen atoms in total. The lowest BCUT2D eigenvalue weighted by atomic mass is 9.98. The van der Waals surface area contributed by atoms with Gasteiger partial charge in [-0.3, -0.25) is 4.79 Å². The quantitative estimate of drug-likeness (QED) is 0.851. The van der Waals surface area contributed by atoms with Crippen molar-refractivity contribution in [2.75, 3.05) is 0 Å². The predicted molar refractivity (Wildman–Crippen MR) is 80.5 cm³/mol. The van der Waals surface area contributed by atoms with E-state index in [0.29, 0.717) is 31.9 Å². The molecule has 1 aliphatic rings. The van der Waals surface area contributed by atoms with Gasteiger partial charge >= 0.3 is 12.1 Å². The zero-order valence-corrected chi connectivity index (χ0v) is 13.3. The minimum Gasteiger partial charge on any atom is -0.480 e. The number of nitrogens with zero attached hydrogens (tertiary/aromatic N) is 4. The monoisotopic (exact) mass is 369 g/mol. The molecule has 0 spiro atoms. The Kier molecular flexibility index (Phi) is 4.38. The van der Waals surface area contributed by atoms with Gasteiger partial charge in [0.05, 0.1) is 11.8 Å². The Balaban J connectivity index is 1.77. The highest BCUT2D eigenvalue weighted by atomic mass is 19.4. The van der Waals surface area contributed by atoms with E-state index in [0.717, 1.165) is 16.8 Å². The number of hydrogen-bond acceptors (Lipinski definition) is 5. The molecule has 1 saturated carbocycles. The third kappa shape index (κ3) is 3.37. The standard InChI is InChI=1S/C15H14F3N5O3/c16-15(17,18)9-3-4-11(19-7-9)23-8-10(21-22-23)12(24)20-14(13(25)26)5-1-2-6-14/h3-4,7-8H,1-2,5-6H2,(H,20,24)(H,25,26). The van der Waals surface area contributed by atoms with Crippen molar-refractivity contribution in [2.24, 2.45) is 0 Å². The first kappa shape index (κ1) is 17.8. The average Bonchev–Trinajstić information content (AvgIpc) is 3.24. The summed E-state index contributed by atoms with van der Waals surface area (Å²) in [5.74, 6) is -1.79. The maximum absolute atomic E-state index is 12.6. The van der Waals surface area contributed by atoms with Crippen LogP contribution in [0.15, 0.2) is 24.5 Å². The number of aliphatic carboxylic acids is 1. The second kappa shape index (κ2) is 6.39. The Morgan fingerprint density at radius 3 is 2.46 bits per heavy atom. The third-order valence-corrected chi connectivity index (χ3v) is 4.26. The molecule has 0 radical (unpaired) electrons. The van der Waals surface area contributed by atoms with Crippen molar-refractivity contribution in [3.63, 3.8) is 0 Å². The van der Waals surface area contributed by atoms with Gasteiger partial charge in [0.25, 0.3) is 5.91 Å². The summed E-state index contributed by atoms with van der Waals surface area (Å²) in [6, 6.07) is 1.93. The second-order valence-corrected chi connectivity index (χ2v) is 6.00. The molecular weight excluding hydrogens is 355 g/mol. The lowest BCUT2D eigenvalue weighted by molar-refractivity contribution is -0.144. The van der Waals surface area contributed by atoms with Crippen LogP contribution in [0.25, 0.3) is 5.82 Å². The van der Waals surface area contributed by atoms with E-state index in [-0.39, 0.29) is 11.5 Å². The van der Waals surface area contributed by atoms with Crippen molar-refractivity contribution in [2.45, 2.75) is 37.4 Å². The summed E-state index contributed by atoms with van der Waals surface area (Å²) < 4.78 is 38.7. The number of halogens is 3. The number of nitrogens with one attached hydrogen (secondary N) is 1. The van der Waals surface area contributed by atoms with Gasteiger partial charge in [0.1, 0.15) is 5.54 Å². The van der Waals surface area contributed by atoms with Gasteiger partial charge in [0.2, 0.25) is 0 Å². The van der Waals surface area contributed by atoms with E-state index in [4.69, 9.17) is 0 Å². The molecule has 0 bridgehead atoms. The SMILES string of the molecule is O=C(NC1(C(=O)O)CCCC1)c1cn(-c2ccc(C(F)(F)F)cn2)nn1. The maximum atomic E-state index is 12.6. The summed E-state index contributed by atoms with van der Waals surface area (Å²) in [6.07, 6.45) is -0.662. The molecule has 0 unspecified atom stereocenters. The molecule has 3 rings (SSSR count). The van der Waals surface area contributed by atoms with Crippen molar-refractivity contribution < 1.29 is 27.9 Å². The Hall–Kier alpha value is -2.98. The molecule has 26 heavy (non-hydrogen) atoms.